The average molecular weight is 279 g/mol. The normalized spacial score (nSPS) is 43.8. The second-order valence-corrected chi connectivity index (χ2v) is 6.75. The highest BCUT2D eigenvalue weighted by Gasteiger charge is 2.74. The van der Waals surface area contributed by atoms with Gasteiger partial charge in [-0.15, -0.1) is 0 Å². The van der Waals surface area contributed by atoms with E-state index >= 15 is 0 Å². The minimum absolute atomic E-state index is 0.164. The lowest BCUT2D eigenvalue weighted by molar-refractivity contribution is -0.157. The number of primary amides is 1. The summed E-state index contributed by atoms with van der Waals surface area (Å²) in [7, 11) is 0. The summed E-state index contributed by atoms with van der Waals surface area (Å²) in [5.41, 5.74) is 4.60. The molecule has 1 aliphatic heterocycles. The van der Waals surface area contributed by atoms with Crippen molar-refractivity contribution in [2.75, 3.05) is 0 Å². The Balaban J connectivity index is 1.82. The van der Waals surface area contributed by atoms with Gasteiger partial charge in [0.15, 0.2) is 0 Å². The minimum Gasteiger partial charge on any atom is -0.459 e. The van der Waals surface area contributed by atoms with Crippen molar-refractivity contribution in [1.82, 2.24) is 0 Å². The van der Waals surface area contributed by atoms with Crippen LogP contribution in [0.4, 0.5) is 0 Å². The second kappa shape index (κ2) is 4.07. The summed E-state index contributed by atoms with van der Waals surface area (Å²) in [6.45, 7) is 3.57. The number of nitrogens with two attached hydrogens (primary N) is 1. The monoisotopic (exact) mass is 279 g/mol. The molecule has 1 amide bonds. The zero-order chi connectivity index (χ0) is 14.7. The molecule has 0 radical (unpaired) electrons. The van der Waals surface area contributed by atoms with Crippen LogP contribution in [-0.4, -0.2) is 28.7 Å². The van der Waals surface area contributed by atoms with E-state index in [4.69, 9.17) is 10.5 Å². The predicted octanol–water partition coefficient (Wildman–Crippen LogP) is 0.901. The van der Waals surface area contributed by atoms with E-state index in [-0.39, 0.29) is 17.5 Å². The topological polar surface area (TPSA) is 89.6 Å². The number of aliphatic hydroxyl groups is 1. The molecule has 0 aromatic heterocycles. The number of hydrogen-bond acceptors (Lipinski definition) is 4. The van der Waals surface area contributed by atoms with E-state index in [1.165, 1.54) is 6.08 Å². The fourth-order valence-corrected chi connectivity index (χ4v) is 4.54. The van der Waals surface area contributed by atoms with Crippen molar-refractivity contribution in [2.45, 2.75) is 51.2 Å². The van der Waals surface area contributed by atoms with Crippen LogP contribution in [0.15, 0.2) is 11.6 Å². The van der Waals surface area contributed by atoms with E-state index in [0.29, 0.717) is 17.9 Å². The van der Waals surface area contributed by atoms with Crippen LogP contribution in [0.5, 0.6) is 0 Å². The van der Waals surface area contributed by atoms with Crippen molar-refractivity contribution >= 4 is 11.9 Å². The van der Waals surface area contributed by atoms with Gasteiger partial charge in [-0.05, 0) is 51.5 Å². The molecule has 4 bridgehead atoms. The minimum atomic E-state index is -0.833. The molecule has 0 aromatic rings. The van der Waals surface area contributed by atoms with E-state index in [9.17, 15) is 14.7 Å². The van der Waals surface area contributed by atoms with Crippen molar-refractivity contribution in [1.29, 1.82) is 0 Å². The summed E-state index contributed by atoms with van der Waals surface area (Å²) in [5, 5.41) is 10.2. The van der Waals surface area contributed by atoms with Crippen molar-refractivity contribution in [3.8, 4) is 0 Å². The molecule has 1 saturated heterocycles. The molecule has 3 N–H and O–H groups in total. The molecule has 1 heterocycles. The number of carbonyl (C=O) groups excluding carboxylic acids is 2. The molecule has 3 aliphatic carbocycles. The Morgan fingerprint density at radius 1 is 1.65 bits per heavy atom. The van der Waals surface area contributed by atoms with Crippen molar-refractivity contribution < 1.29 is 19.4 Å². The molecule has 5 heteroatoms. The third-order valence-electron chi connectivity index (χ3n) is 5.68. The number of rotatable bonds is 4. The van der Waals surface area contributed by atoms with Gasteiger partial charge in [0, 0.05) is 11.5 Å². The van der Waals surface area contributed by atoms with Crippen molar-refractivity contribution in [3.63, 3.8) is 0 Å². The zero-order valence-corrected chi connectivity index (χ0v) is 11.9. The first-order valence-electron chi connectivity index (χ1n) is 7.19. The first-order chi connectivity index (χ1) is 9.29. The van der Waals surface area contributed by atoms with Gasteiger partial charge in [-0.3, -0.25) is 9.59 Å². The van der Waals surface area contributed by atoms with Crippen molar-refractivity contribution in [2.24, 2.45) is 23.0 Å². The van der Waals surface area contributed by atoms with Crippen LogP contribution < -0.4 is 5.73 Å². The molecule has 20 heavy (non-hydrogen) atoms. The lowest BCUT2D eigenvalue weighted by Gasteiger charge is -2.57. The molecular weight excluding hydrogens is 258 g/mol. The summed E-state index contributed by atoms with van der Waals surface area (Å²) < 4.78 is 5.62. The SMILES string of the molecule is CC(=CC(O)CC12C(=O)OC3(C)CCC1CC32)C(N)=O. The number of fused-ring (bicyclic) bond motifs is 1. The maximum Gasteiger partial charge on any atom is 0.313 e. The van der Waals surface area contributed by atoms with Crippen LogP contribution in [0.3, 0.4) is 0 Å². The van der Waals surface area contributed by atoms with Crippen LogP contribution in [0.1, 0.15) is 39.5 Å². The Labute approximate surface area is 118 Å². The summed E-state index contributed by atoms with van der Waals surface area (Å²) in [6, 6.07) is 0. The van der Waals surface area contributed by atoms with Crippen molar-refractivity contribution in [3.05, 3.63) is 11.6 Å². The Morgan fingerprint density at radius 2 is 2.35 bits per heavy atom. The second-order valence-electron chi connectivity index (χ2n) is 6.75. The summed E-state index contributed by atoms with van der Waals surface area (Å²) >= 11 is 0. The molecule has 5 nitrogen and oxygen atoms in total. The first kappa shape index (κ1) is 13.6. The number of esters is 1. The van der Waals surface area contributed by atoms with E-state index in [2.05, 4.69) is 0 Å². The summed E-state index contributed by atoms with van der Waals surface area (Å²) in [5.74, 6) is -0.192. The number of hydrogen-bond donors (Lipinski definition) is 2. The Hall–Kier alpha value is -1.36. The number of carbonyl (C=O) groups is 2. The van der Waals surface area contributed by atoms with Crippen LogP contribution in [0, 0.1) is 17.3 Å². The Bertz CT molecular complexity index is 512. The molecule has 4 aliphatic rings. The van der Waals surface area contributed by atoms with Gasteiger partial charge in [-0.25, -0.2) is 0 Å². The smallest absolute Gasteiger partial charge is 0.313 e. The molecule has 4 fully saturated rings. The molecule has 0 spiro atoms. The standard InChI is InChI=1S/C15H21NO4/c1-8(12(16)18)5-10(17)7-15-9-3-4-14(2,11(15)6-9)20-13(15)19/h5,9-11,17H,3-4,6-7H2,1-2H3,(H2,16,18). The molecule has 3 saturated carbocycles. The fraction of sp³-hybridized carbons (Fsp3) is 0.733. The maximum atomic E-state index is 12.3. The van der Waals surface area contributed by atoms with E-state index in [0.717, 1.165) is 19.3 Å². The molecular formula is C15H21NO4. The molecule has 0 aromatic carbocycles. The lowest BCUT2D eigenvalue weighted by Crippen LogP contribution is -2.59. The van der Waals surface area contributed by atoms with E-state index < -0.39 is 17.4 Å². The Morgan fingerprint density at radius 3 is 2.95 bits per heavy atom. The highest BCUT2D eigenvalue weighted by Crippen LogP contribution is 2.70. The quantitative estimate of drug-likeness (QED) is 0.591. The lowest BCUT2D eigenvalue weighted by atomic mass is 9.43. The van der Waals surface area contributed by atoms with E-state index in [1.807, 2.05) is 6.92 Å². The van der Waals surface area contributed by atoms with Gasteiger partial charge in [-0.1, -0.05) is 0 Å². The van der Waals surface area contributed by atoms with Crippen LogP contribution in [0.2, 0.25) is 0 Å². The first-order valence-corrected chi connectivity index (χ1v) is 7.19. The highest BCUT2D eigenvalue weighted by molar-refractivity contribution is 5.91. The van der Waals surface area contributed by atoms with Gasteiger partial charge in [0.2, 0.25) is 5.91 Å². The average Bonchev–Trinajstić information content (AvgIpc) is 2.43. The number of ether oxygens (including phenoxy) is 1. The maximum absolute atomic E-state index is 12.3. The van der Waals surface area contributed by atoms with Gasteiger partial charge in [0.25, 0.3) is 0 Å². The summed E-state index contributed by atoms with van der Waals surface area (Å²) in [6.07, 6.45) is 3.86. The van der Waals surface area contributed by atoms with Gasteiger partial charge in [0.05, 0.1) is 11.5 Å². The van der Waals surface area contributed by atoms with Gasteiger partial charge in [0.1, 0.15) is 5.60 Å². The van der Waals surface area contributed by atoms with Crippen LogP contribution in [0.25, 0.3) is 0 Å². The Kier molecular flexibility index (Phi) is 2.77. The van der Waals surface area contributed by atoms with Gasteiger partial charge < -0.3 is 15.6 Å². The predicted molar refractivity (Wildman–Crippen MR) is 71.3 cm³/mol. The van der Waals surface area contributed by atoms with Crippen LogP contribution >= 0.6 is 0 Å². The van der Waals surface area contributed by atoms with Gasteiger partial charge >= 0.3 is 5.97 Å². The van der Waals surface area contributed by atoms with Crippen LogP contribution in [-0.2, 0) is 14.3 Å². The summed E-state index contributed by atoms with van der Waals surface area (Å²) in [4.78, 5) is 23.4. The number of aliphatic hydroxyl groups excluding tert-OH is 1. The largest absolute Gasteiger partial charge is 0.459 e. The molecule has 5 atom stereocenters. The zero-order valence-electron chi connectivity index (χ0n) is 11.9. The molecule has 4 rings (SSSR count). The fourth-order valence-electron chi connectivity index (χ4n) is 4.54. The molecule has 110 valence electrons. The third kappa shape index (κ3) is 1.59. The number of amides is 1. The van der Waals surface area contributed by atoms with E-state index in [1.54, 1.807) is 6.92 Å². The van der Waals surface area contributed by atoms with Gasteiger partial charge in [-0.2, -0.15) is 0 Å². The highest BCUT2D eigenvalue weighted by atomic mass is 16.6. The molecule has 5 unspecified atom stereocenters. The third-order valence-corrected chi connectivity index (χ3v) is 5.68.